The second-order valence-electron chi connectivity index (χ2n) is 8.58. The lowest BCUT2D eigenvalue weighted by atomic mass is 9.97. The summed E-state index contributed by atoms with van der Waals surface area (Å²) in [6.07, 6.45) is 2.20. The average Bonchev–Trinajstić information content (AvgIpc) is 2.72. The number of carbonyl (C=O) groups excluding carboxylic acids is 2. The molecule has 2 aromatic carbocycles. The van der Waals surface area contributed by atoms with Crippen molar-refractivity contribution in [2.45, 2.75) is 33.6 Å². The van der Waals surface area contributed by atoms with Crippen LogP contribution in [0.2, 0.25) is 10.0 Å². The van der Waals surface area contributed by atoms with Gasteiger partial charge < -0.3 is 15.5 Å². The van der Waals surface area contributed by atoms with Crippen molar-refractivity contribution in [2.75, 3.05) is 29.9 Å². The van der Waals surface area contributed by atoms with E-state index in [0.717, 1.165) is 31.6 Å². The maximum atomic E-state index is 13.0. The Hall–Kier alpha value is -2.24. The Morgan fingerprint density at radius 1 is 1.03 bits per heavy atom. The van der Waals surface area contributed by atoms with Crippen LogP contribution in [-0.4, -0.2) is 31.4 Å². The van der Waals surface area contributed by atoms with E-state index in [1.165, 1.54) is 6.07 Å². The van der Waals surface area contributed by atoms with Gasteiger partial charge in [0.25, 0.3) is 11.8 Å². The third-order valence-electron chi connectivity index (χ3n) is 5.47. The summed E-state index contributed by atoms with van der Waals surface area (Å²) in [4.78, 5) is 28.0. The highest BCUT2D eigenvalue weighted by Gasteiger charge is 2.22. The molecule has 0 bridgehead atoms. The third kappa shape index (κ3) is 6.14. The van der Waals surface area contributed by atoms with Crippen molar-refractivity contribution in [1.29, 1.82) is 0 Å². The summed E-state index contributed by atoms with van der Waals surface area (Å²) in [7, 11) is 0. The average molecular weight is 462 g/mol. The molecule has 0 aromatic heterocycles. The van der Waals surface area contributed by atoms with Crippen LogP contribution in [0.5, 0.6) is 0 Å². The van der Waals surface area contributed by atoms with Gasteiger partial charge >= 0.3 is 0 Å². The molecule has 2 N–H and O–H groups in total. The standard InChI is InChI=1S/C24H29Cl2N3O2/c1-15(2)14-27-23(30)20-13-18(5-7-22(20)29-10-8-16(3)9-11-29)28-24(31)19-6-4-17(25)12-21(19)26/h4-7,12-13,15-16H,8-11,14H2,1-3H3,(H,27,30)(H,28,31). The normalized spacial score (nSPS) is 14.6. The van der Waals surface area contributed by atoms with Gasteiger partial charge in [-0.2, -0.15) is 0 Å². The second-order valence-corrected chi connectivity index (χ2v) is 9.43. The van der Waals surface area contributed by atoms with E-state index < -0.39 is 0 Å². The first-order valence-electron chi connectivity index (χ1n) is 10.7. The van der Waals surface area contributed by atoms with Crippen LogP contribution in [0.1, 0.15) is 54.3 Å². The fourth-order valence-corrected chi connectivity index (χ4v) is 4.08. The molecule has 7 heteroatoms. The topological polar surface area (TPSA) is 61.4 Å². The van der Waals surface area contributed by atoms with Crippen LogP contribution in [0.25, 0.3) is 0 Å². The summed E-state index contributed by atoms with van der Waals surface area (Å²) in [5, 5.41) is 6.59. The van der Waals surface area contributed by atoms with Crippen LogP contribution in [0, 0.1) is 11.8 Å². The summed E-state index contributed by atoms with van der Waals surface area (Å²) >= 11 is 12.1. The lowest BCUT2D eigenvalue weighted by Gasteiger charge is -2.33. The fourth-order valence-electron chi connectivity index (χ4n) is 3.59. The molecule has 5 nitrogen and oxygen atoms in total. The number of piperidine rings is 1. The van der Waals surface area contributed by atoms with Crippen molar-refractivity contribution in [3.8, 4) is 0 Å². The summed E-state index contributed by atoms with van der Waals surface area (Å²) in [6.45, 7) is 8.79. The van der Waals surface area contributed by atoms with Crippen LogP contribution in [0.15, 0.2) is 36.4 Å². The molecule has 0 atom stereocenters. The number of anilines is 2. The molecule has 31 heavy (non-hydrogen) atoms. The first-order chi connectivity index (χ1) is 14.7. The van der Waals surface area contributed by atoms with Gasteiger partial charge in [-0.05, 0) is 61.1 Å². The van der Waals surface area contributed by atoms with Crippen molar-refractivity contribution >= 4 is 46.4 Å². The molecule has 0 aliphatic carbocycles. The minimum atomic E-state index is -0.352. The van der Waals surface area contributed by atoms with E-state index in [0.29, 0.717) is 40.2 Å². The van der Waals surface area contributed by atoms with E-state index in [9.17, 15) is 9.59 Å². The number of hydrogen-bond acceptors (Lipinski definition) is 3. The van der Waals surface area contributed by atoms with Gasteiger partial charge in [-0.25, -0.2) is 0 Å². The molecule has 0 unspecified atom stereocenters. The van der Waals surface area contributed by atoms with Crippen molar-refractivity contribution in [3.63, 3.8) is 0 Å². The molecule has 1 heterocycles. The molecular weight excluding hydrogens is 433 g/mol. The molecule has 1 fully saturated rings. The van der Waals surface area contributed by atoms with Crippen molar-refractivity contribution in [3.05, 3.63) is 57.6 Å². The highest BCUT2D eigenvalue weighted by atomic mass is 35.5. The molecular formula is C24H29Cl2N3O2. The van der Waals surface area contributed by atoms with Crippen molar-refractivity contribution in [2.24, 2.45) is 11.8 Å². The maximum absolute atomic E-state index is 13.0. The quantitative estimate of drug-likeness (QED) is 0.565. The summed E-state index contributed by atoms with van der Waals surface area (Å²) in [6, 6.07) is 10.2. The SMILES string of the molecule is CC(C)CNC(=O)c1cc(NC(=O)c2ccc(Cl)cc2Cl)ccc1N1CCC(C)CC1. The zero-order valence-electron chi connectivity index (χ0n) is 18.2. The van der Waals surface area contributed by atoms with E-state index in [1.54, 1.807) is 18.2 Å². The zero-order chi connectivity index (χ0) is 22.5. The number of carbonyl (C=O) groups is 2. The number of nitrogens with zero attached hydrogens (tertiary/aromatic N) is 1. The molecule has 1 saturated heterocycles. The molecule has 2 amide bonds. The van der Waals surface area contributed by atoms with E-state index in [2.05, 4.69) is 36.3 Å². The van der Waals surface area contributed by atoms with Gasteiger partial charge in [0.05, 0.1) is 16.1 Å². The van der Waals surface area contributed by atoms with Crippen LogP contribution < -0.4 is 15.5 Å². The molecule has 166 valence electrons. The van der Waals surface area contributed by atoms with Crippen LogP contribution in [0.4, 0.5) is 11.4 Å². The first-order valence-corrected chi connectivity index (χ1v) is 11.4. The molecule has 0 spiro atoms. The Morgan fingerprint density at radius 3 is 2.39 bits per heavy atom. The molecule has 1 aliphatic heterocycles. The Kier molecular flexibility index (Phi) is 7.84. The number of hydrogen-bond donors (Lipinski definition) is 2. The molecule has 3 rings (SSSR count). The highest BCUT2D eigenvalue weighted by Crippen LogP contribution is 2.29. The predicted molar refractivity (Wildman–Crippen MR) is 129 cm³/mol. The molecule has 0 saturated carbocycles. The van der Waals surface area contributed by atoms with Gasteiger partial charge in [-0.15, -0.1) is 0 Å². The van der Waals surface area contributed by atoms with Gasteiger partial charge in [-0.1, -0.05) is 44.0 Å². The second kappa shape index (κ2) is 10.4. The van der Waals surface area contributed by atoms with Crippen molar-refractivity contribution in [1.82, 2.24) is 5.32 Å². The lowest BCUT2D eigenvalue weighted by Crippen LogP contribution is -2.35. The van der Waals surface area contributed by atoms with Crippen molar-refractivity contribution < 1.29 is 9.59 Å². The van der Waals surface area contributed by atoms with E-state index in [4.69, 9.17) is 23.2 Å². The van der Waals surface area contributed by atoms with E-state index in [1.807, 2.05) is 12.1 Å². The molecule has 0 radical (unpaired) electrons. The van der Waals surface area contributed by atoms with Gasteiger partial charge in [-0.3, -0.25) is 9.59 Å². The number of amides is 2. The van der Waals surface area contributed by atoms with Gasteiger partial charge in [0, 0.05) is 36.0 Å². The van der Waals surface area contributed by atoms with Gasteiger partial charge in [0.15, 0.2) is 0 Å². The summed E-state index contributed by atoms with van der Waals surface area (Å²) < 4.78 is 0. The summed E-state index contributed by atoms with van der Waals surface area (Å²) in [5.74, 6) is 0.549. The Morgan fingerprint density at radius 2 is 1.74 bits per heavy atom. The molecule has 1 aliphatic rings. The smallest absolute Gasteiger partial charge is 0.257 e. The van der Waals surface area contributed by atoms with Crippen LogP contribution >= 0.6 is 23.2 Å². The largest absolute Gasteiger partial charge is 0.371 e. The van der Waals surface area contributed by atoms with E-state index >= 15 is 0 Å². The van der Waals surface area contributed by atoms with Gasteiger partial charge in [0.1, 0.15) is 0 Å². The Bertz CT molecular complexity index is 954. The van der Waals surface area contributed by atoms with Crippen LogP contribution in [-0.2, 0) is 0 Å². The summed E-state index contributed by atoms with van der Waals surface area (Å²) in [5.41, 5.74) is 2.33. The maximum Gasteiger partial charge on any atom is 0.257 e. The Balaban J connectivity index is 1.86. The molecule has 2 aromatic rings. The number of benzene rings is 2. The monoisotopic (exact) mass is 461 g/mol. The minimum absolute atomic E-state index is 0.136. The van der Waals surface area contributed by atoms with Gasteiger partial charge in [0.2, 0.25) is 0 Å². The predicted octanol–water partition coefficient (Wildman–Crippen LogP) is 5.87. The lowest BCUT2D eigenvalue weighted by molar-refractivity contribution is 0.0948. The number of rotatable bonds is 6. The Labute approximate surface area is 194 Å². The van der Waals surface area contributed by atoms with Crippen LogP contribution in [0.3, 0.4) is 0 Å². The zero-order valence-corrected chi connectivity index (χ0v) is 19.7. The third-order valence-corrected chi connectivity index (χ3v) is 6.02. The first kappa shape index (κ1) is 23.4. The minimum Gasteiger partial charge on any atom is -0.371 e. The number of nitrogens with one attached hydrogen (secondary N) is 2. The number of halogens is 2. The fraction of sp³-hybridized carbons (Fsp3) is 0.417. The highest BCUT2D eigenvalue weighted by molar-refractivity contribution is 6.37. The van der Waals surface area contributed by atoms with E-state index in [-0.39, 0.29) is 16.8 Å².